The average Bonchev–Trinajstić information content (AvgIpc) is 2.66. The largest absolute Gasteiger partial charge is 0.393 e. The molecule has 1 aromatic rings. The highest BCUT2D eigenvalue weighted by Gasteiger charge is 2.24. The molecule has 17 heavy (non-hydrogen) atoms. The summed E-state index contributed by atoms with van der Waals surface area (Å²) >= 11 is 0. The second-order valence-corrected chi connectivity index (χ2v) is 5.14. The topological polar surface area (TPSA) is 49.5 Å². The van der Waals surface area contributed by atoms with Crippen LogP contribution >= 0.6 is 0 Å². The Labute approximate surface area is 103 Å². The number of aryl methyl sites for hydroxylation is 1. The molecule has 2 rings (SSSR count). The molecule has 0 spiro atoms. The molecule has 1 aliphatic rings. The lowest BCUT2D eigenvalue weighted by molar-refractivity contribution is 0.0752. The molecule has 4 nitrogen and oxygen atoms in total. The predicted molar refractivity (Wildman–Crippen MR) is 65.6 cm³/mol. The molecule has 0 bridgehead atoms. The van der Waals surface area contributed by atoms with Crippen LogP contribution in [-0.4, -0.2) is 33.9 Å². The smallest absolute Gasteiger partial charge is 0.150 e. The molecule has 2 atom stereocenters. The molecule has 1 aliphatic heterocycles. The van der Waals surface area contributed by atoms with Crippen molar-refractivity contribution in [2.45, 2.75) is 58.2 Å². The third-order valence-corrected chi connectivity index (χ3v) is 3.40. The first kappa shape index (κ1) is 12.6. The molecule has 0 amide bonds. The molecule has 0 radical (unpaired) electrons. The van der Waals surface area contributed by atoms with Crippen LogP contribution in [0.4, 0.5) is 0 Å². The van der Waals surface area contributed by atoms with Crippen LogP contribution < -0.4 is 0 Å². The van der Waals surface area contributed by atoms with Gasteiger partial charge in [-0.05, 0) is 39.7 Å². The maximum absolute atomic E-state index is 9.53. The second-order valence-electron chi connectivity index (χ2n) is 5.14. The van der Waals surface area contributed by atoms with Crippen molar-refractivity contribution in [3.63, 3.8) is 0 Å². The van der Waals surface area contributed by atoms with Crippen LogP contribution in [0.3, 0.4) is 0 Å². The van der Waals surface area contributed by atoms with Crippen LogP contribution in [-0.2, 0) is 6.54 Å². The minimum absolute atomic E-state index is 0.225. The number of aliphatic hydroxyl groups excluding tert-OH is 1. The molecule has 0 aliphatic carbocycles. The Balaban J connectivity index is 1.96. The van der Waals surface area contributed by atoms with Crippen molar-refractivity contribution in [2.24, 2.45) is 0 Å². The van der Waals surface area contributed by atoms with Crippen molar-refractivity contribution in [3.05, 3.63) is 17.5 Å². The molecule has 0 saturated carbocycles. The first-order valence-electron chi connectivity index (χ1n) is 6.49. The van der Waals surface area contributed by atoms with E-state index in [1.807, 2.05) is 19.9 Å². The Morgan fingerprint density at radius 3 is 3.06 bits per heavy atom. The van der Waals surface area contributed by atoms with E-state index >= 15 is 0 Å². The van der Waals surface area contributed by atoms with Gasteiger partial charge in [-0.25, -0.2) is 0 Å². The predicted octanol–water partition coefficient (Wildman–Crippen LogP) is 2.11. The fraction of sp³-hybridized carbons (Fsp3) is 0.769. The summed E-state index contributed by atoms with van der Waals surface area (Å²) in [6.45, 7) is 5.72. The third-order valence-electron chi connectivity index (χ3n) is 3.40. The van der Waals surface area contributed by atoms with Gasteiger partial charge >= 0.3 is 0 Å². The highest BCUT2D eigenvalue weighted by molar-refractivity contribution is 5.03. The van der Waals surface area contributed by atoms with Gasteiger partial charge in [-0.15, -0.1) is 0 Å². The number of hydrogen-bond donors (Lipinski definition) is 1. The zero-order chi connectivity index (χ0) is 12.3. The van der Waals surface area contributed by atoms with E-state index in [9.17, 15) is 5.11 Å². The number of aromatic nitrogens is 1. The number of likely N-dealkylation sites (tertiary alicyclic amines) is 1. The summed E-state index contributed by atoms with van der Waals surface area (Å²) in [6, 6.07) is 2.47. The SMILES string of the molecule is Cc1cc(CN2CCCCC2CC(C)O)on1. The van der Waals surface area contributed by atoms with Crippen LogP contribution in [0.5, 0.6) is 0 Å². The molecule has 1 aromatic heterocycles. The van der Waals surface area contributed by atoms with Crippen LogP contribution in [0.1, 0.15) is 44.1 Å². The minimum Gasteiger partial charge on any atom is -0.393 e. The normalized spacial score (nSPS) is 23.8. The molecule has 1 fully saturated rings. The van der Waals surface area contributed by atoms with Crippen molar-refractivity contribution in [1.29, 1.82) is 0 Å². The average molecular weight is 238 g/mol. The first-order valence-corrected chi connectivity index (χ1v) is 6.49. The Morgan fingerprint density at radius 1 is 1.59 bits per heavy atom. The van der Waals surface area contributed by atoms with E-state index in [-0.39, 0.29) is 6.10 Å². The number of nitrogens with zero attached hydrogens (tertiary/aromatic N) is 2. The van der Waals surface area contributed by atoms with E-state index < -0.39 is 0 Å². The molecule has 4 heteroatoms. The van der Waals surface area contributed by atoms with Gasteiger partial charge in [-0.1, -0.05) is 11.6 Å². The van der Waals surface area contributed by atoms with Gasteiger partial charge in [0.2, 0.25) is 0 Å². The summed E-state index contributed by atoms with van der Waals surface area (Å²) < 4.78 is 5.27. The van der Waals surface area contributed by atoms with Crippen molar-refractivity contribution in [3.8, 4) is 0 Å². The maximum Gasteiger partial charge on any atom is 0.150 e. The number of rotatable bonds is 4. The van der Waals surface area contributed by atoms with Crippen LogP contribution in [0.2, 0.25) is 0 Å². The van der Waals surface area contributed by atoms with Gasteiger partial charge in [0.15, 0.2) is 5.76 Å². The van der Waals surface area contributed by atoms with Gasteiger partial charge in [0.05, 0.1) is 18.3 Å². The number of hydrogen-bond acceptors (Lipinski definition) is 4. The Kier molecular flexibility index (Phi) is 4.18. The summed E-state index contributed by atoms with van der Waals surface area (Å²) in [4.78, 5) is 2.41. The van der Waals surface area contributed by atoms with Crippen molar-refractivity contribution in [1.82, 2.24) is 10.1 Å². The van der Waals surface area contributed by atoms with Gasteiger partial charge < -0.3 is 9.63 Å². The summed E-state index contributed by atoms with van der Waals surface area (Å²) in [5, 5.41) is 13.4. The van der Waals surface area contributed by atoms with Gasteiger partial charge in [0, 0.05) is 12.1 Å². The fourth-order valence-corrected chi connectivity index (χ4v) is 2.62. The zero-order valence-electron chi connectivity index (χ0n) is 10.7. The Bertz CT molecular complexity index is 349. The Hall–Kier alpha value is -0.870. The molecular formula is C13H22N2O2. The molecule has 0 aromatic carbocycles. The van der Waals surface area contributed by atoms with E-state index in [4.69, 9.17) is 4.52 Å². The molecular weight excluding hydrogens is 216 g/mol. The first-order chi connectivity index (χ1) is 8.15. The third kappa shape index (κ3) is 3.54. The monoisotopic (exact) mass is 238 g/mol. The van der Waals surface area contributed by atoms with Crippen molar-refractivity contribution < 1.29 is 9.63 Å². The van der Waals surface area contributed by atoms with Gasteiger partial charge in [-0.2, -0.15) is 0 Å². The maximum atomic E-state index is 9.53. The van der Waals surface area contributed by atoms with E-state index in [0.29, 0.717) is 6.04 Å². The van der Waals surface area contributed by atoms with Crippen molar-refractivity contribution in [2.75, 3.05) is 6.54 Å². The van der Waals surface area contributed by atoms with Crippen LogP contribution in [0.25, 0.3) is 0 Å². The fourth-order valence-electron chi connectivity index (χ4n) is 2.62. The Morgan fingerprint density at radius 2 is 2.41 bits per heavy atom. The van der Waals surface area contributed by atoms with Crippen molar-refractivity contribution >= 4 is 0 Å². The van der Waals surface area contributed by atoms with Gasteiger partial charge in [-0.3, -0.25) is 4.90 Å². The highest BCUT2D eigenvalue weighted by Crippen LogP contribution is 2.23. The summed E-state index contributed by atoms with van der Waals surface area (Å²) in [6.07, 6.45) is 4.31. The lowest BCUT2D eigenvalue weighted by Crippen LogP contribution is -2.40. The summed E-state index contributed by atoms with van der Waals surface area (Å²) in [5.74, 6) is 0.931. The standard InChI is InChI=1S/C13H22N2O2/c1-10-7-13(17-14-10)9-15-6-4-3-5-12(15)8-11(2)16/h7,11-12,16H,3-6,8-9H2,1-2H3. The second kappa shape index (κ2) is 5.65. The van der Waals surface area contributed by atoms with E-state index in [1.165, 1.54) is 19.3 Å². The van der Waals surface area contributed by atoms with E-state index in [1.54, 1.807) is 0 Å². The van der Waals surface area contributed by atoms with E-state index in [2.05, 4.69) is 10.1 Å². The number of piperidine rings is 1. The highest BCUT2D eigenvalue weighted by atomic mass is 16.5. The molecule has 1 saturated heterocycles. The lowest BCUT2D eigenvalue weighted by Gasteiger charge is -2.35. The quantitative estimate of drug-likeness (QED) is 0.872. The number of aliphatic hydroxyl groups is 1. The van der Waals surface area contributed by atoms with Crippen LogP contribution in [0.15, 0.2) is 10.6 Å². The molecule has 2 unspecified atom stereocenters. The molecule has 1 N–H and O–H groups in total. The lowest BCUT2D eigenvalue weighted by atomic mass is 9.97. The van der Waals surface area contributed by atoms with Gasteiger partial charge in [0.1, 0.15) is 0 Å². The van der Waals surface area contributed by atoms with Gasteiger partial charge in [0.25, 0.3) is 0 Å². The summed E-state index contributed by atoms with van der Waals surface area (Å²) in [5.41, 5.74) is 0.934. The minimum atomic E-state index is -0.225. The summed E-state index contributed by atoms with van der Waals surface area (Å²) in [7, 11) is 0. The van der Waals surface area contributed by atoms with E-state index in [0.717, 1.165) is 31.0 Å². The zero-order valence-corrected chi connectivity index (χ0v) is 10.7. The van der Waals surface area contributed by atoms with Crippen LogP contribution in [0, 0.1) is 6.92 Å². The molecule has 2 heterocycles. The molecule has 96 valence electrons.